The first-order valence-corrected chi connectivity index (χ1v) is 5.48. The molecular formula is C10H14BrN3O. The number of para-hydroxylation sites is 1. The zero-order chi connectivity index (χ0) is 11.3. The standard InChI is InChI=1S/C10H14BrN3O/c11-8-4-1-3-7(9(8)13)10(15)14-6-2-5-12/h1,3-4H,2,5-6,12-13H2,(H,14,15). The van der Waals surface area contributed by atoms with Crippen LogP contribution in [0.1, 0.15) is 16.8 Å². The summed E-state index contributed by atoms with van der Waals surface area (Å²) in [4.78, 5) is 11.6. The van der Waals surface area contributed by atoms with Crippen LogP contribution in [0.25, 0.3) is 0 Å². The number of carbonyl (C=O) groups excluding carboxylic acids is 1. The minimum Gasteiger partial charge on any atom is -0.397 e. The molecule has 5 heteroatoms. The molecule has 0 spiro atoms. The zero-order valence-electron chi connectivity index (χ0n) is 8.29. The molecule has 1 amide bonds. The van der Waals surface area contributed by atoms with Crippen molar-refractivity contribution in [1.29, 1.82) is 0 Å². The van der Waals surface area contributed by atoms with E-state index in [1.54, 1.807) is 18.2 Å². The van der Waals surface area contributed by atoms with E-state index in [1.165, 1.54) is 0 Å². The maximum atomic E-state index is 11.6. The number of rotatable bonds is 4. The topological polar surface area (TPSA) is 81.1 Å². The van der Waals surface area contributed by atoms with Gasteiger partial charge in [-0.1, -0.05) is 6.07 Å². The van der Waals surface area contributed by atoms with Crippen LogP contribution in [0.15, 0.2) is 22.7 Å². The Kier molecular flexibility index (Phi) is 4.58. The summed E-state index contributed by atoms with van der Waals surface area (Å²) in [7, 11) is 0. The highest BCUT2D eigenvalue weighted by Crippen LogP contribution is 2.22. The number of carbonyl (C=O) groups is 1. The highest BCUT2D eigenvalue weighted by Gasteiger charge is 2.10. The third-order valence-corrected chi connectivity index (χ3v) is 2.66. The van der Waals surface area contributed by atoms with Gasteiger partial charge in [0.25, 0.3) is 5.91 Å². The second-order valence-electron chi connectivity index (χ2n) is 3.10. The molecule has 0 atom stereocenters. The van der Waals surface area contributed by atoms with Gasteiger partial charge >= 0.3 is 0 Å². The molecule has 5 N–H and O–H groups in total. The van der Waals surface area contributed by atoms with Gasteiger partial charge in [0.1, 0.15) is 0 Å². The van der Waals surface area contributed by atoms with E-state index in [1.807, 2.05) is 0 Å². The van der Waals surface area contributed by atoms with Crippen LogP contribution in [-0.2, 0) is 0 Å². The third kappa shape index (κ3) is 3.21. The van der Waals surface area contributed by atoms with E-state index in [9.17, 15) is 4.79 Å². The van der Waals surface area contributed by atoms with Crippen molar-refractivity contribution < 1.29 is 4.79 Å². The normalized spacial score (nSPS) is 10.0. The first-order chi connectivity index (χ1) is 7.16. The van der Waals surface area contributed by atoms with E-state index in [2.05, 4.69) is 21.2 Å². The molecule has 0 radical (unpaired) electrons. The van der Waals surface area contributed by atoms with E-state index in [4.69, 9.17) is 11.5 Å². The summed E-state index contributed by atoms with van der Waals surface area (Å²) in [5, 5.41) is 2.75. The van der Waals surface area contributed by atoms with Crippen molar-refractivity contribution >= 4 is 27.5 Å². The predicted molar refractivity (Wildman–Crippen MR) is 64.6 cm³/mol. The number of amides is 1. The molecule has 1 aromatic carbocycles. The molecule has 1 rings (SSSR count). The van der Waals surface area contributed by atoms with Crippen molar-refractivity contribution in [3.63, 3.8) is 0 Å². The van der Waals surface area contributed by atoms with E-state index >= 15 is 0 Å². The summed E-state index contributed by atoms with van der Waals surface area (Å²) in [5.74, 6) is -0.165. The highest BCUT2D eigenvalue weighted by atomic mass is 79.9. The fourth-order valence-electron chi connectivity index (χ4n) is 1.13. The van der Waals surface area contributed by atoms with Gasteiger partial charge in [0.2, 0.25) is 0 Å². The van der Waals surface area contributed by atoms with Crippen molar-refractivity contribution in [2.24, 2.45) is 5.73 Å². The summed E-state index contributed by atoms with van der Waals surface area (Å²) in [6.45, 7) is 1.13. The Balaban J connectivity index is 2.69. The maximum absolute atomic E-state index is 11.6. The molecular weight excluding hydrogens is 258 g/mol. The van der Waals surface area contributed by atoms with E-state index < -0.39 is 0 Å². The van der Waals surface area contributed by atoms with Crippen LogP contribution in [0.5, 0.6) is 0 Å². The van der Waals surface area contributed by atoms with Gasteiger partial charge in [0.05, 0.1) is 11.3 Å². The summed E-state index contributed by atoms with van der Waals surface area (Å²) < 4.78 is 0.731. The number of nitrogens with two attached hydrogens (primary N) is 2. The number of nitrogen functional groups attached to an aromatic ring is 1. The van der Waals surface area contributed by atoms with Crippen LogP contribution in [0, 0.1) is 0 Å². The summed E-state index contributed by atoms with van der Waals surface area (Å²) >= 11 is 3.27. The van der Waals surface area contributed by atoms with Gasteiger partial charge in [0.15, 0.2) is 0 Å². The number of halogens is 1. The van der Waals surface area contributed by atoms with Crippen LogP contribution in [0.2, 0.25) is 0 Å². The Morgan fingerprint density at radius 2 is 2.20 bits per heavy atom. The van der Waals surface area contributed by atoms with Gasteiger partial charge in [-0.25, -0.2) is 0 Å². The zero-order valence-corrected chi connectivity index (χ0v) is 9.88. The number of nitrogens with one attached hydrogen (secondary N) is 1. The van der Waals surface area contributed by atoms with Crippen molar-refractivity contribution in [2.45, 2.75) is 6.42 Å². The Labute approximate surface area is 97.1 Å². The molecule has 0 aliphatic heterocycles. The molecule has 0 fully saturated rings. The highest BCUT2D eigenvalue weighted by molar-refractivity contribution is 9.10. The minimum absolute atomic E-state index is 0.165. The number of hydrogen-bond donors (Lipinski definition) is 3. The lowest BCUT2D eigenvalue weighted by Crippen LogP contribution is -2.26. The van der Waals surface area contributed by atoms with Gasteiger partial charge in [-0.05, 0) is 41.0 Å². The second kappa shape index (κ2) is 5.72. The average Bonchev–Trinajstić information content (AvgIpc) is 2.22. The number of hydrogen-bond acceptors (Lipinski definition) is 3. The Morgan fingerprint density at radius 3 is 2.87 bits per heavy atom. The SMILES string of the molecule is NCCCNC(=O)c1cccc(Br)c1N. The van der Waals surface area contributed by atoms with Crippen LogP contribution in [0.3, 0.4) is 0 Å². The number of anilines is 1. The van der Waals surface area contributed by atoms with Crippen molar-refractivity contribution in [1.82, 2.24) is 5.32 Å². The largest absolute Gasteiger partial charge is 0.397 e. The predicted octanol–water partition coefficient (Wildman–Crippen LogP) is 1.11. The first kappa shape index (κ1) is 12.0. The molecule has 1 aromatic rings. The van der Waals surface area contributed by atoms with Crippen LogP contribution in [-0.4, -0.2) is 19.0 Å². The Bertz CT molecular complexity index is 355. The molecule has 82 valence electrons. The molecule has 0 aliphatic carbocycles. The van der Waals surface area contributed by atoms with Crippen molar-refractivity contribution in [2.75, 3.05) is 18.8 Å². The summed E-state index contributed by atoms with van der Waals surface area (Å²) in [6.07, 6.45) is 0.764. The summed E-state index contributed by atoms with van der Waals surface area (Å²) in [6, 6.07) is 5.27. The van der Waals surface area contributed by atoms with Gasteiger partial charge in [-0.2, -0.15) is 0 Å². The van der Waals surface area contributed by atoms with Crippen LogP contribution >= 0.6 is 15.9 Å². The fraction of sp³-hybridized carbons (Fsp3) is 0.300. The van der Waals surface area contributed by atoms with Crippen LogP contribution in [0.4, 0.5) is 5.69 Å². The molecule has 0 saturated heterocycles. The van der Waals surface area contributed by atoms with E-state index in [0.717, 1.165) is 10.9 Å². The monoisotopic (exact) mass is 271 g/mol. The molecule has 0 bridgehead atoms. The van der Waals surface area contributed by atoms with Crippen LogP contribution < -0.4 is 16.8 Å². The molecule has 0 aliphatic rings. The molecule has 0 unspecified atom stereocenters. The molecule has 4 nitrogen and oxygen atoms in total. The van der Waals surface area contributed by atoms with Crippen molar-refractivity contribution in [3.8, 4) is 0 Å². The quantitative estimate of drug-likeness (QED) is 0.567. The van der Waals surface area contributed by atoms with Gasteiger partial charge in [-0.3, -0.25) is 4.79 Å². The number of benzene rings is 1. The molecule has 15 heavy (non-hydrogen) atoms. The molecule has 0 aromatic heterocycles. The third-order valence-electron chi connectivity index (χ3n) is 1.96. The van der Waals surface area contributed by atoms with E-state index in [0.29, 0.717) is 24.3 Å². The summed E-state index contributed by atoms with van der Waals surface area (Å²) in [5.41, 5.74) is 12.0. The molecule has 0 saturated carbocycles. The Hall–Kier alpha value is -1.07. The van der Waals surface area contributed by atoms with Gasteiger partial charge in [0, 0.05) is 11.0 Å². The Morgan fingerprint density at radius 1 is 1.47 bits per heavy atom. The lowest BCUT2D eigenvalue weighted by atomic mass is 10.1. The van der Waals surface area contributed by atoms with E-state index in [-0.39, 0.29) is 5.91 Å². The lowest BCUT2D eigenvalue weighted by molar-refractivity contribution is 0.0954. The second-order valence-corrected chi connectivity index (χ2v) is 3.95. The van der Waals surface area contributed by atoms with Crippen molar-refractivity contribution in [3.05, 3.63) is 28.2 Å². The fourth-order valence-corrected chi connectivity index (χ4v) is 1.50. The van der Waals surface area contributed by atoms with Gasteiger partial charge < -0.3 is 16.8 Å². The maximum Gasteiger partial charge on any atom is 0.253 e. The van der Waals surface area contributed by atoms with Gasteiger partial charge in [-0.15, -0.1) is 0 Å². The smallest absolute Gasteiger partial charge is 0.253 e. The first-order valence-electron chi connectivity index (χ1n) is 4.69. The average molecular weight is 272 g/mol. The lowest BCUT2D eigenvalue weighted by Gasteiger charge is -2.07. The minimum atomic E-state index is -0.165. The molecule has 0 heterocycles.